The summed E-state index contributed by atoms with van der Waals surface area (Å²) in [6.07, 6.45) is 5.47. The van der Waals surface area contributed by atoms with Crippen molar-refractivity contribution in [3.8, 4) is 0 Å². The molecule has 0 spiro atoms. The Bertz CT molecular complexity index is 521. The van der Waals surface area contributed by atoms with Gasteiger partial charge in [0.2, 0.25) is 0 Å². The van der Waals surface area contributed by atoms with Gasteiger partial charge in [-0.15, -0.1) is 0 Å². The molecule has 1 aliphatic carbocycles. The molecule has 1 N–H and O–H groups in total. The van der Waals surface area contributed by atoms with E-state index in [-0.39, 0.29) is 0 Å². The second kappa shape index (κ2) is 6.64. The number of thioether (sulfide) groups is 1. The van der Waals surface area contributed by atoms with E-state index in [0.717, 1.165) is 34.5 Å². The van der Waals surface area contributed by atoms with E-state index in [2.05, 4.69) is 17.2 Å². The highest BCUT2D eigenvalue weighted by Crippen LogP contribution is 2.25. The number of para-hydroxylation sites is 2. The van der Waals surface area contributed by atoms with E-state index in [1.807, 2.05) is 24.3 Å². The van der Waals surface area contributed by atoms with Crippen LogP contribution in [0.5, 0.6) is 0 Å². The first-order valence-electron chi connectivity index (χ1n) is 7.55. The lowest BCUT2D eigenvalue weighted by molar-refractivity contribution is 0.285. The summed E-state index contributed by atoms with van der Waals surface area (Å²) >= 11 is 1.70. The van der Waals surface area contributed by atoms with Crippen LogP contribution in [0, 0.1) is 5.92 Å². The maximum absolute atomic E-state index is 5.71. The summed E-state index contributed by atoms with van der Waals surface area (Å²) in [5.41, 5.74) is 1.83. The zero-order chi connectivity index (χ0) is 13.8. The Labute approximate surface area is 124 Å². The van der Waals surface area contributed by atoms with Crippen molar-refractivity contribution in [3.05, 3.63) is 24.3 Å². The Morgan fingerprint density at radius 3 is 3.00 bits per heavy atom. The van der Waals surface area contributed by atoms with Gasteiger partial charge in [-0.1, -0.05) is 43.7 Å². The standard InChI is InChI=1S/C16H22N2OS/c1-12-6-2-3-7-13(12)17-10-11-20-16-18-14-8-4-5-9-15(14)19-16/h4-5,8-9,12-13,17H,2-3,6-7,10-11H2,1H3. The molecule has 20 heavy (non-hydrogen) atoms. The van der Waals surface area contributed by atoms with Crippen molar-refractivity contribution in [2.24, 2.45) is 5.92 Å². The molecule has 1 aliphatic rings. The van der Waals surface area contributed by atoms with Crippen LogP contribution in [0.3, 0.4) is 0 Å². The molecular formula is C16H22N2OS. The molecule has 2 unspecified atom stereocenters. The van der Waals surface area contributed by atoms with Crippen molar-refractivity contribution in [2.45, 2.75) is 43.9 Å². The first-order valence-corrected chi connectivity index (χ1v) is 8.53. The van der Waals surface area contributed by atoms with E-state index in [4.69, 9.17) is 4.42 Å². The number of nitrogens with one attached hydrogen (secondary N) is 1. The number of benzene rings is 1. The van der Waals surface area contributed by atoms with Crippen molar-refractivity contribution >= 4 is 22.9 Å². The van der Waals surface area contributed by atoms with E-state index in [9.17, 15) is 0 Å². The normalized spacial score (nSPS) is 23.2. The van der Waals surface area contributed by atoms with Gasteiger partial charge in [0.1, 0.15) is 5.52 Å². The first-order chi connectivity index (χ1) is 9.83. The van der Waals surface area contributed by atoms with Crippen molar-refractivity contribution in [1.29, 1.82) is 0 Å². The number of aromatic nitrogens is 1. The Morgan fingerprint density at radius 2 is 2.15 bits per heavy atom. The maximum Gasteiger partial charge on any atom is 0.256 e. The molecule has 3 rings (SSSR count). The van der Waals surface area contributed by atoms with E-state index in [1.54, 1.807) is 11.8 Å². The highest BCUT2D eigenvalue weighted by atomic mass is 32.2. The Kier molecular flexibility index (Phi) is 4.63. The fraction of sp³-hybridized carbons (Fsp3) is 0.562. The third-order valence-corrected chi connectivity index (χ3v) is 4.95. The van der Waals surface area contributed by atoms with Crippen LogP contribution in [-0.4, -0.2) is 23.3 Å². The van der Waals surface area contributed by atoms with E-state index in [1.165, 1.54) is 25.7 Å². The highest BCUT2D eigenvalue weighted by Gasteiger charge is 2.20. The zero-order valence-electron chi connectivity index (χ0n) is 12.0. The second-order valence-electron chi connectivity index (χ2n) is 5.62. The lowest BCUT2D eigenvalue weighted by Gasteiger charge is -2.29. The van der Waals surface area contributed by atoms with Gasteiger partial charge in [0, 0.05) is 18.3 Å². The van der Waals surface area contributed by atoms with Gasteiger partial charge in [-0.3, -0.25) is 0 Å². The lowest BCUT2D eigenvalue weighted by Crippen LogP contribution is -2.38. The fourth-order valence-corrected chi connectivity index (χ4v) is 3.62. The van der Waals surface area contributed by atoms with Crippen LogP contribution in [0.15, 0.2) is 33.9 Å². The predicted molar refractivity (Wildman–Crippen MR) is 84.2 cm³/mol. The predicted octanol–water partition coefficient (Wildman–Crippen LogP) is 4.09. The maximum atomic E-state index is 5.71. The van der Waals surface area contributed by atoms with Crippen LogP contribution in [0.4, 0.5) is 0 Å². The third kappa shape index (κ3) is 3.36. The first kappa shape index (κ1) is 14.0. The summed E-state index contributed by atoms with van der Waals surface area (Å²) in [4.78, 5) is 4.48. The van der Waals surface area contributed by atoms with Gasteiger partial charge in [-0.2, -0.15) is 0 Å². The molecule has 0 radical (unpaired) electrons. The molecule has 3 nitrogen and oxygen atoms in total. The Balaban J connectivity index is 1.45. The monoisotopic (exact) mass is 290 g/mol. The lowest BCUT2D eigenvalue weighted by atomic mass is 9.86. The molecule has 0 aliphatic heterocycles. The summed E-state index contributed by atoms with van der Waals surface area (Å²) in [5.74, 6) is 1.83. The number of rotatable bonds is 5. The third-order valence-electron chi connectivity index (χ3n) is 4.12. The number of fused-ring (bicyclic) bond motifs is 1. The molecule has 1 aromatic carbocycles. The van der Waals surface area contributed by atoms with Gasteiger partial charge >= 0.3 is 0 Å². The van der Waals surface area contributed by atoms with Crippen LogP contribution >= 0.6 is 11.8 Å². The van der Waals surface area contributed by atoms with Gasteiger partial charge in [0.15, 0.2) is 5.58 Å². The summed E-state index contributed by atoms with van der Waals surface area (Å²) in [7, 11) is 0. The number of oxazole rings is 1. The van der Waals surface area contributed by atoms with Crippen LogP contribution in [0.2, 0.25) is 0 Å². The fourth-order valence-electron chi connectivity index (χ4n) is 2.91. The molecule has 1 heterocycles. The van der Waals surface area contributed by atoms with Crippen LogP contribution in [0.25, 0.3) is 11.1 Å². The van der Waals surface area contributed by atoms with Crippen LogP contribution in [0.1, 0.15) is 32.6 Å². The topological polar surface area (TPSA) is 38.1 Å². The number of hydrogen-bond donors (Lipinski definition) is 1. The molecule has 0 saturated heterocycles. The minimum Gasteiger partial charge on any atom is -0.431 e. The van der Waals surface area contributed by atoms with Crippen LogP contribution < -0.4 is 5.32 Å². The number of hydrogen-bond acceptors (Lipinski definition) is 4. The summed E-state index contributed by atoms with van der Waals surface area (Å²) in [5, 5.41) is 4.47. The summed E-state index contributed by atoms with van der Waals surface area (Å²) in [6, 6.07) is 8.63. The Hall–Kier alpha value is -1.00. The molecule has 1 fully saturated rings. The summed E-state index contributed by atoms with van der Waals surface area (Å²) in [6.45, 7) is 3.39. The van der Waals surface area contributed by atoms with Crippen LogP contribution in [-0.2, 0) is 0 Å². The minimum absolute atomic E-state index is 0.702. The van der Waals surface area contributed by atoms with Gasteiger partial charge in [0.05, 0.1) is 0 Å². The van der Waals surface area contributed by atoms with Crippen molar-refractivity contribution < 1.29 is 4.42 Å². The average Bonchev–Trinajstić information content (AvgIpc) is 2.88. The van der Waals surface area contributed by atoms with E-state index in [0.29, 0.717) is 6.04 Å². The molecular weight excluding hydrogens is 268 g/mol. The Morgan fingerprint density at radius 1 is 1.30 bits per heavy atom. The van der Waals surface area contributed by atoms with Gasteiger partial charge < -0.3 is 9.73 Å². The minimum atomic E-state index is 0.702. The average molecular weight is 290 g/mol. The van der Waals surface area contributed by atoms with Crippen molar-refractivity contribution in [3.63, 3.8) is 0 Å². The van der Waals surface area contributed by atoms with Crippen molar-refractivity contribution in [2.75, 3.05) is 12.3 Å². The largest absolute Gasteiger partial charge is 0.431 e. The highest BCUT2D eigenvalue weighted by molar-refractivity contribution is 7.99. The van der Waals surface area contributed by atoms with E-state index < -0.39 is 0 Å². The zero-order valence-corrected chi connectivity index (χ0v) is 12.8. The van der Waals surface area contributed by atoms with Gasteiger partial charge in [-0.05, 0) is 30.9 Å². The molecule has 2 aromatic rings. The van der Waals surface area contributed by atoms with Crippen molar-refractivity contribution in [1.82, 2.24) is 10.3 Å². The second-order valence-corrected chi connectivity index (χ2v) is 6.66. The smallest absolute Gasteiger partial charge is 0.256 e. The summed E-state index contributed by atoms with van der Waals surface area (Å²) < 4.78 is 5.71. The van der Waals surface area contributed by atoms with Gasteiger partial charge in [0.25, 0.3) is 5.22 Å². The molecule has 108 valence electrons. The SMILES string of the molecule is CC1CCCCC1NCCSc1nc2ccccc2o1. The van der Waals surface area contributed by atoms with E-state index >= 15 is 0 Å². The molecule has 0 amide bonds. The number of nitrogens with zero attached hydrogens (tertiary/aromatic N) is 1. The van der Waals surface area contributed by atoms with Gasteiger partial charge in [-0.25, -0.2) is 4.98 Å². The molecule has 1 saturated carbocycles. The molecule has 0 bridgehead atoms. The molecule has 1 aromatic heterocycles. The molecule has 4 heteroatoms. The molecule has 2 atom stereocenters. The quantitative estimate of drug-likeness (QED) is 0.665.